The number of hydrogen-bond donors (Lipinski definition) is 1. The molecule has 84 valence electrons. The van der Waals surface area contributed by atoms with Crippen LogP contribution in [0.5, 0.6) is 6.01 Å². The SMILES string of the molecule is C[C@H](O)COc1ncn(-c2ccccc2)n1. The molecule has 1 aromatic heterocycles. The molecule has 0 amide bonds. The third kappa shape index (κ3) is 2.58. The van der Waals surface area contributed by atoms with Gasteiger partial charge in [0.25, 0.3) is 0 Å². The normalized spacial score (nSPS) is 12.4. The van der Waals surface area contributed by atoms with Crippen LogP contribution in [0.15, 0.2) is 36.7 Å². The molecule has 0 radical (unpaired) electrons. The van der Waals surface area contributed by atoms with Crippen LogP contribution < -0.4 is 4.74 Å². The molecule has 2 rings (SSSR count). The molecule has 1 aromatic carbocycles. The topological polar surface area (TPSA) is 60.2 Å². The number of rotatable bonds is 4. The molecule has 1 atom stereocenters. The standard InChI is InChI=1S/C11H13N3O2/c1-9(15)7-16-11-12-8-14(13-11)10-5-3-2-4-6-10/h2-6,8-9,15H,7H2,1H3/t9-/m0/s1. The van der Waals surface area contributed by atoms with Crippen molar-refractivity contribution in [3.63, 3.8) is 0 Å². The average molecular weight is 219 g/mol. The zero-order chi connectivity index (χ0) is 11.4. The summed E-state index contributed by atoms with van der Waals surface area (Å²) in [5.74, 6) is 0. The largest absolute Gasteiger partial charge is 0.460 e. The summed E-state index contributed by atoms with van der Waals surface area (Å²) in [6.07, 6.45) is 1.05. The van der Waals surface area contributed by atoms with Crippen LogP contribution in [0.2, 0.25) is 0 Å². The minimum absolute atomic E-state index is 0.193. The van der Waals surface area contributed by atoms with E-state index in [2.05, 4.69) is 10.1 Å². The molecule has 1 N–H and O–H groups in total. The molecule has 0 aliphatic heterocycles. The number of aliphatic hydroxyl groups excluding tert-OH is 1. The van der Waals surface area contributed by atoms with E-state index in [1.807, 2.05) is 30.3 Å². The highest BCUT2D eigenvalue weighted by atomic mass is 16.5. The van der Waals surface area contributed by atoms with Gasteiger partial charge in [-0.3, -0.25) is 0 Å². The number of nitrogens with zero attached hydrogens (tertiary/aromatic N) is 3. The maximum absolute atomic E-state index is 9.05. The second-order valence-corrected chi connectivity index (χ2v) is 3.47. The van der Waals surface area contributed by atoms with Crippen molar-refractivity contribution in [1.29, 1.82) is 0 Å². The predicted octanol–water partition coefficient (Wildman–Crippen LogP) is 1.03. The van der Waals surface area contributed by atoms with Crippen LogP contribution in [0.1, 0.15) is 6.92 Å². The van der Waals surface area contributed by atoms with Crippen molar-refractivity contribution in [2.75, 3.05) is 6.61 Å². The Morgan fingerprint density at radius 2 is 2.12 bits per heavy atom. The predicted molar refractivity (Wildman–Crippen MR) is 58.5 cm³/mol. The fraction of sp³-hybridized carbons (Fsp3) is 0.273. The monoisotopic (exact) mass is 219 g/mol. The lowest BCUT2D eigenvalue weighted by Crippen LogP contribution is -2.13. The van der Waals surface area contributed by atoms with Gasteiger partial charge < -0.3 is 9.84 Å². The fourth-order valence-electron chi connectivity index (χ4n) is 1.21. The van der Waals surface area contributed by atoms with Gasteiger partial charge in [-0.05, 0) is 19.1 Å². The molecule has 0 fully saturated rings. The number of benzene rings is 1. The number of para-hydroxylation sites is 1. The van der Waals surface area contributed by atoms with Crippen LogP contribution in [-0.4, -0.2) is 32.6 Å². The zero-order valence-electron chi connectivity index (χ0n) is 8.95. The van der Waals surface area contributed by atoms with Gasteiger partial charge in [0.2, 0.25) is 0 Å². The van der Waals surface area contributed by atoms with E-state index in [0.717, 1.165) is 5.69 Å². The first kappa shape index (κ1) is 10.6. The Labute approximate surface area is 93.3 Å². The van der Waals surface area contributed by atoms with Gasteiger partial charge in [-0.2, -0.15) is 4.98 Å². The van der Waals surface area contributed by atoms with Gasteiger partial charge in [0, 0.05) is 0 Å². The van der Waals surface area contributed by atoms with Crippen LogP contribution >= 0.6 is 0 Å². The first-order valence-corrected chi connectivity index (χ1v) is 5.03. The first-order chi connectivity index (χ1) is 7.75. The van der Waals surface area contributed by atoms with E-state index in [1.54, 1.807) is 17.9 Å². The van der Waals surface area contributed by atoms with Gasteiger partial charge in [0.15, 0.2) is 0 Å². The highest BCUT2D eigenvalue weighted by molar-refractivity contribution is 5.29. The molecule has 1 heterocycles. The summed E-state index contributed by atoms with van der Waals surface area (Å²) in [4.78, 5) is 3.98. The molecule has 0 aliphatic carbocycles. The smallest absolute Gasteiger partial charge is 0.335 e. The average Bonchev–Trinajstić information content (AvgIpc) is 2.76. The van der Waals surface area contributed by atoms with Crippen molar-refractivity contribution >= 4 is 0 Å². The molecule has 2 aromatic rings. The van der Waals surface area contributed by atoms with Crippen molar-refractivity contribution in [3.8, 4) is 11.7 Å². The van der Waals surface area contributed by atoms with Gasteiger partial charge in [0.05, 0.1) is 11.8 Å². The highest BCUT2D eigenvalue weighted by Crippen LogP contribution is 2.08. The van der Waals surface area contributed by atoms with Gasteiger partial charge in [0.1, 0.15) is 12.9 Å². The minimum Gasteiger partial charge on any atom is -0.460 e. The van der Waals surface area contributed by atoms with E-state index in [9.17, 15) is 0 Å². The lowest BCUT2D eigenvalue weighted by atomic mass is 10.3. The van der Waals surface area contributed by atoms with E-state index >= 15 is 0 Å². The van der Waals surface area contributed by atoms with Crippen LogP contribution in [0.4, 0.5) is 0 Å². The van der Waals surface area contributed by atoms with Crippen LogP contribution in [0.3, 0.4) is 0 Å². The number of ether oxygens (including phenoxy) is 1. The summed E-state index contributed by atoms with van der Waals surface area (Å²) < 4.78 is 6.80. The van der Waals surface area contributed by atoms with E-state index in [1.165, 1.54) is 0 Å². The number of hydrogen-bond acceptors (Lipinski definition) is 4. The van der Waals surface area contributed by atoms with Crippen LogP contribution in [0, 0.1) is 0 Å². The highest BCUT2D eigenvalue weighted by Gasteiger charge is 2.04. The molecular weight excluding hydrogens is 206 g/mol. The van der Waals surface area contributed by atoms with E-state index in [-0.39, 0.29) is 12.6 Å². The second-order valence-electron chi connectivity index (χ2n) is 3.47. The molecule has 0 aliphatic rings. The van der Waals surface area contributed by atoms with E-state index < -0.39 is 6.10 Å². The van der Waals surface area contributed by atoms with Gasteiger partial charge in [-0.15, -0.1) is 5.10 Å². The Hall–Kier alpha value is -1.88. The lowest BCUT2D eigenvalue weighted by Gasteiger charge is -2.03. The number of aliphatic hydroxyl groups is 1. The van der Waals surface area contributed by atoms with Crippen molar-refractivity contribution < 1.29 is 9.84 Å². The number of aromatic nitrogens is 3. The Kier molecular flexibility index (Phi) is 3.16. The summed E-state index contributed by atoms with van der Waals surface area (Å²) in [6.45, 7) is 1.84. The van der Waals surface area contributed by atoms with Crippen molar-refractivity contribution in [3.05, 3.63) is 36.7 Å². The van der Waals surface area contributed by atoms with E-state index in [0.29, 0.717) is 0 Å². The molecule has 0 bridgehead atoms. The molecule has 0 saturated carbocycles. The summed E-state index contributed by atoms with van der Waals surface area (Å²) in [6, 6.07) is 9.90. The Morgan fingerprint density at radius 3 is 2.81 bits per heavy atom. The maximum Gasteiger partial charge on any atom is 0.335 e. The molecule has 5 nitrogen and oxygen atoms in total. The van der Waals surface area contributed by atoms with Gasteiger partial charge >= 0.3 is 6.01 Å². The second kappa shape index (κ2) is 4.76. The summed E-state index contributed by atoms with van der Waals surface area (Å²) in [5, 5.41) is 13.2. The molecule has 0 unspecified atom stereocenters. The van der Waals surface area contributed by atoms with Crippen molar-refractivity contribution in [2.45, 2.75) is 13.0 Å². The molecule has 16 heavy (non-hydrogen) atoms. The van der Waals surface area contributed by atoms with Gasteiger partial charge in [-0.1, -0.05) is 18.2 Å². The third-order valence-corrected chi connectivity index (χ3v) is 1.95. The Morgan fingerprint density at radius 1 is 1.38 bits per heavy atom. The summed E-state index contributed by atoms with van der Waals surface area (Å²) in [5.41, 5.74) is 0.918. The van der Waals surface area contributed by atoms with Crippen molar-refractivity contribution in [1.82, 2.24) is 14.8 Å². The Bertz CT molecular complexity index is 440. The van der Waals surface area contributed by atoms with Gasteiger partial charge in [-0.25, -0.2) is 4.68 Å². The third-order valence-electron chi connectivity index (χ3n) is 1.95. The van der Waals surface area contributed by atoms with Crippen LogP contribution in [-0.2, 0) is 0 Å². The van der Waals surface area contributed by atoms with Crippen LogP contribution in [0.25, 0.3) is 5.69 Å². The molecule has 5 heteroatoms. The van der Waals surface area contributed by atoms with Crippen molar-refractivity contribution in [2.24, 2.45) is 0 Å². The minimum atomic E-state index is -0.524. The molecule has 0 saturated heterocycles. The fourth-order valence-corrected chi connectivity index (χ4v) is 1.21. The Balaban J connectivity index is 2.08. The van der Waals surface area contributed by atoms with E-state index in [4.69, 9.17) is 9.84 Å². The lowest BCUT2D eigenvalue weighted by molar-refractivity contribution is 0.117. The zero-order valence-corrected chi connectivity index (χ0v) is 8.95. The molecular formula is C11H13N3O2. The summed E-state index contributed by atoms with van der Waals surface area (Å²) in [7, 11) is 0. The first-order valence-electron chi connectivity index (χ1n) is 5.03. The maximum atomic E-state index is 9.05. The molecule has 0 spiro atoms. The quantitative estimate of drug-likeness (QED) is 0.834. The summed E-state index contributed by atoms with van der Waals surface area (Å²) >= 11 is 0.